The lowest BCUT2D eigenvalue weighted by Crippen LogP contribution is -2.33. The number of pyridine rings is 1. The predicted octanol–water partition coefficient (Wildman–Crippen LogP) is 3.64. The van der Waals surface area contributed by atoms with Crippen LogP contribution in [0.15, 0.2) is 75.2 Å². The molecule has 2 aromatic heterocycles. The van der Waals surface area contributed by atoms with Crippen LogP contribution in [0.2, 0.25) is 10.0 Å². The molecular formula is C21H13Cl2FN4O4. The number of nitrogens with zero attached hydrogens (tertiary/aromatic N) is 3. The number of benzene rings is 2. The number of nitrogens with one attached hydrogen (secondary N) is 1. The van der Waals surface area contributed by atoms with E-state index in [0.717, 1.165) is 4.68 Å². The van der Waals surface area contributed by atoms with Crippen LogP contribution in [0.3, 0.4) is 0 Å². The molecule has 32 heavy (non-hydrogen) atoms. The second-order valence-corrected chi connectivity index (χ2v) is 7.31. The summed E-state index contributed by atoms with van der Waals surface area (Å²) in [6.45, 7) is -1.16. The highest BCUT2D eigenvalue weighted by Crippen LogP contribution is 2.38. The first-order chi connectivity index (χ1) is 15.4. The van der Waals surface area contributed by atoms with Crippen LogP contribution in [0.5, 0.6) is 11.5 Å². The molecule has 0 saturated heterocycles. The van der Waals surface area contributed by atoms with Gasteiger partial charge in [-0.25, -0.2) is 9.18 Å². The molecule has 0 atom stereocenters. The summed E-state index contributed by atoms with van der Waals surface area (Å²) in [5, 5.41) is 3.74. The van der Waals surface area contributed by atoms with Crippen molar-refractivity contribution in [3.8, 4) is 22.9 Å². The summed E-state index contributed by atoms with van der Waals surface area (Å²) in [7, 11) is 0. The highest BCUT2D eigenvalue weighted by Gasteiger charge is 2.15. The van der Waals surface area contributed by atoms with Crippen LogP contribution in [0, 0.1) is 0 Å². The van der Waals surface area contributed by atoms with Crippen molar-refractivity contribution in [2.75, 3.05) is 0 Å². The van der Waals surface area contributed by atoms with Crippen molar-refractivity contribution in [1.82, 2.24) is 19.3 Å². The van der Waals surface area contributed by atoms with Crippen LogP contribution < -0.4 is 21.5 Å². The van der Waals surface area contributed by atoms with Crippen LogP contribution in [0.1, 0.15) is 5.69 Å². The topological polar surface area (TPSA) is 99.0 Å². The molecule has 0 amide bonds. The van der Waals surface area contributed by atoms with Crippen molar-refractivity contribution >= 4 is 23.2 Å². The number of para-hydroxylation sites is 1. The van der Waals surface area contributed by atoms with Crippen LogP contribution in [0.25, 0.3) is 11.4 Å². The summed E-state index contributed by atoms with van der Waals surface area (Å²) in [4.78, 5) is 37.8. The first-order valence-corrected chi connectivity index (χ1v) is 9.87. The van der Waals surface area contributed by atoms with Gasteiger partial charge >= 0.3 is 5.69 Å². The van der Waals surface area contributed by atoms with E-state index in [1.165, 1.54) is 35.0 Å². The van der Waals surface area contributed by atoms with E-state index < -0.39 is 23.6 Å². The lowest BCUT2D eigenvalue weighted by molar-refractivity contribution is 0.460. The van der Waals surface area contributed by atoms with Gasteiger partial charge in [-0.1, -0.05) is 41.4 Å². The molecule has 8 nitrogen and oxygen atoms in total. The number of aromatic nitrogens is 4. The molecule has 0 spiro atoms. The summed E-state index contributed by atoms with van der Waals surface area (Å²) in [5.74, 6) is 0.350. The minimum Gasteiger partial charge on any atom is -0.453 e. The Balaban J connectivity index is 1.73. The van der Waals surface area contributed by atoms with Gasteiger partial charge < -0.3 is 4.74 Å². The van der Waals surface area contributed by atoms with Crippen LogP contribution in [-0.2, 0) is 6.67 Å². The fourth-order valence-corrected chi connectivity index (χ4v) is 3.45. The maximum atomic E-state index is 13.0. The minimum absolute atomic E-state index is 0.0201. The van der Waals surface area contributed by atoms with Gasteiger partial charge in [-0.05, 0) is 30.3 Å². The number of halogens is 3. The monoisotopic (exact) mass is 474 g/mol. The normalized spacial score (nSPS) is 10.8. The number of rotatable bonds is 5. The Labute approximate surface area is 189 Å². The number of ether oxygens (including phenoxy) is 1. The molecule has 0 aliphatic carbocycles. The molecule has 0 fully saturated rings. The third-order valence-electron chi connectivity index (χ3n) is 4.39. The summed E-state index contributed by atoms with van der Waals surface area (Å²) in [6.07, 6.45) is 1.49. The molecule has 0 unspecified atom stereocenters. The summed E-state index contributed by atoms with van der Waals surface area (Å²) >= 11 is 12.6. The highest BCUT2D eigenvalue weighted by molar-refractivity contribution is 6.37. The van der Waals surface area contributed by atoms with Gasteiger partial charge in [-0.15, -0.1) is 0 Å². The first-order valence-electron chi connectivity index (χ1n) is 9.11. The van der Waals surface area contributed by atoms with Gasteiger partial charge in [0.05, 0.1) is 21.9 Å². The van der Waals surface area contributed by atoms with Gasteiger partial charge in [-0.2, -0.15) is 9.78 Å². The smallest absolute Gasteiger partial charge is 0.349 e. The zero-order chi connectivity index (χ0) is 22.8. The fourth-order valence-electron chi connectivity index (χ4n) is 2.90. The molecule has 4 aromatic rings. The molecule has 2 aromatic carbocycles. The number of hydrogen-bond donors (Lipinski definition) is 1. The van der Waals surface area contributed by atoms with Gasteiger partial charge in [0.1, 0.15) is 12.4 Å². The first kappa shape index (κ1) is 21.5. The Morgan fingerprint density at radius 3 is 2.31 bits per heavy atom. The zero-order valence-electron chi connectivity index (χ0n) is 16.1. The van der Waals surface area contributed by atoms with Gasteiger partial charge in [-0.3, -0.25) is 19.1 Å². The zero-order valence-corrected chi connectivity index (χ0v) is 17.6. The molecule has 0 aliphatic heterocycles. The quantitative estimate of drug-likeness (QED) is 0.475. The Kier molecular flexibility index (Phi) is 5.93. The number of aromatic amines is 1. The molecule has 0 radical (unpaired) electrons. The van der Waals surface area contributed by atoms with E-state index >= 15 is 0 Å². The van der Waals surface area contributed by atoms with E-state index in [2.05, 4.69) is 5.10 Å². The van der Waals surface area contributed by atoms with Gasteiger partial charge in [0.25, 0.3) is 11.1 Å². The van der Waals surface area contributed by atoms with E-state index in [0.29, 0.717) is 5.69 Å². The van der Waals surface area contributed by atoms with Crippen molar-refractivity contribution in [2.45, 2.75) is 6.67 Å². The van der Waals surface area contributed by atoms with E-state index in [-0.39, 0.29) is 32.8 Å². The minimum atomic E-state index is -1.16. The third kappa shape index (κ3) is 4.20. The fraction of sp³-hybridized carbons (Fsp3) is 0.0476. The van der Waals surface area contributed by atoms with Crippen molar-refractivity contribution in [3.63, 3.8) is 0 Å². The van der Waals surface area contributed by atoms with Gasteiger partial charge in [0.15, 0.2) is 11.4 Å². The average molecular weight is 475 g/mol. The van der Waals surface area contributed by atoms with Crippen molar-refractivity contribution < 1.29 is 9.13 Å². The Bertz CT molecular complexity index is 1460. The average Bonchev–Trinajstić information content (AvgIpc) is 2.78. The second kappa shape index (κ2) is 8.81. The van der Waals surface area contributed by atoms with Crippen molar-refractivity contribution in [1.29, 1.82) is 0 Å². The van der Waals surface area contributed by atoms with Gasteiger partial charge in [0, 0.05) is 11.8 Å². The summed E-state index contributed by atoms with van der Waals surface area (Å²) in [6, 6.07) is 14.4. The Hall–Kier alpha value is -3.69. The predicted molar refractivity (Wildman–Crippen MR) is 117 cm³/mol. The van der Waals surface area contributed by atoms with E-state index in [4.69, 9.17) is 27.9 Å². The Morgan fingerprint density at radius 1 is 0.969 bits per heavy atom. The largest absolute Gasteiger partial charge is 0.453 e. The molecule has 162 valence electrons. The molecule has 0 bridgehead atoms. The Morgan fingerprint density at radius 2 is 1.66 bits per heavy atom. The SMILES string of the molecule is O=c1[nH]c(=O)n(-c2cc(Cl)c(Oc3ccc(=O)n(-c4ccccc4)c3)c(Cl)c2)nc1CF. The number of alkyl halides is 1. The summed E-state index contributed by atoms with van der Waals surface area (Å²) in [5.41, 5.74) is -1.80. The maximum absolute atomic E-state index is 13.0. The number of H-pyrrole nitrogens is 1. The van der Waals surface area contributed by atoms with E-state index in [9.17, 15) is 18.8 Å². The molecule has 11 heteroatoms. The van der Waals surface area contributed by atoms with Crippen molar-refractivity contribution in [2.24, 2.45) is 0 Å². The van der Waals surface area contributed by atoms with E-state index in [1.54, 1.807) is 24.3 Å². The van der Waals surface area contributed by atoms with Crippen LogP contribution in [-0.4, -0.2) is 19.3 Å². The molecule has 2 heterocycles. The van der Waals surface area contributed by atoms with Gasteiger partial charge in [0.2, 0.25) is 0 Å². The number of hydrogen-bond acceptors (Lipinski definition) is 5. The second-order valence-electron chi connectivity index (χ2n) is 6.50. The molecule has 4 rings (SSSR count). The molecule has 1 N–H and O–H groups in total. The molecule has 0 saturated carbocycles. The summed E-state index contributed by atoms with van der Waals surface area (Å²) < 4.78 is 20.9. The lowest BCUT2D eigenvalue weighted by Gasteiger charge is -2.13. The molecule has 0 aliphatic rings. The maximum Gasteiger partial charge on any atom is 0.349 e. The third-order valence-corrected chi connectivity index (χ3v) is 4.95. The van der Waals surface area contributed by atoms with E-state index in [1.807, 2.05) is 11.1 Å². The van der Waals surface area contributed by atoms with Crippen molar-refractivity contribution in [3.05, 3.63) is 108 Å². The van der Waals surface area contributed by atoms with Crippen LogP contribution in [0.4, 0.5) is 4.39 Å². The van der Waals surface area contributed by atoms with Crippen LogP contribution >= 0.6 is 23.2 Å². The standard InChI is InChI=1S/C21H13Cl2FN4O4/c22-15-8-13(28-21(31)25-20(30)17(10-24)26-28)9-16(23)19(15)32-14-6-7-18(29)27(11-14)12-4-2-1-3-5-12/h1-9,11H,10H2,(H,25,30,31). The highest BCUT2D eigenvalue weighted by atomic mass is 35.5. The lowest BCUT2D eigenvalue weighted by atomic mass is 10.3. The molecular weight excluding hydrogens is 462 g/mol.